The summed E-state index contributed by atoms with van der Waals surface area (Å²) in [7, 11) is 0. The first kappa shape index (κ1) is 18.7. The number of aromatic amines is 1. The third-order valence-electron chi connectivity index (χ3n) is 3.85. The van der Waals surface area contributed by atoms with E-state index in [1.54, 1.807) is 30.5 Å². The zero-order valence-electron chi connectivity index (χ0n) is 14.1. The first-order valence-corrected chi connectivity index (χ1v) is 8.00. The molecule has 0 saturated heterocycles. The zero-order valence-corrected chi connectivity index (χ0v) is 14.1. The lowest BCUT2D eigenvalue weighted by Gasteiger charge is -2.18. The summed E-state index contributed by atoms with van der Waals surface area (Å²) in [4.78, 5) is 17.6. The number of carbonyl (C=O) groups is 1. The van der Waals surface area contributed by atoms with Crippen molar-refractivity contribution in [2.45, 2.75) is 19.4 Å². The summed E-state index contributed by atoms with van der Waals surface area (Å²) in [6, 6.07) is 7.14. The molecule has 1 atom stereocenters. The summed E-state index contributed by atoms with van der Waals surface area (Å²) in [5, 5.41) is 0.753. The van der Waals surface area contributed by atoms with Gasteiger partial charge in [-0.15, -0.1) is 0 Å². The summed E-state index contributed by atoms with van der Waals surface area (Å²) in [5.41, 5.74) is 1.37. The van der Waals surface area contributed by atoms with Gasteiger partial charge in [0.25, 0.3) is 11.9 Å². The summed E-state index contributed by atoms with van der Waals surface area (Å²) < 4.78 is 64.2. The number of benzene rings is 1. The Bertz CT molecular complexity index is 964. The zero-order chi connectivity index (χ0) is 19.6. The molecule has 0 aliphatic rings. The average molecular weight is 382 g/mol. The molecule has 0 aliphatic heterocycles. The minimum absolute atomic E-state index is 0.0173. The van der Waals surface area contributed by atoms with Gasteiger partial charge in [0.15, 0.2) is 6.10 Å². The number of nitrogens with zero attached hydrogens (tertiary/aromatic N) is 1. The normalized spacial score (nSPS) is 12.2. The molecule has 27 heavy (non-hydrogen) atoms. The highest BCUT2D eigenvalue weighted by Gasteiger charge is 2.30. The van der Waals surface area contributed by atoms with Crippen molar-refractivity contribution in [1.82, 2.24) is 9.97 Å². The summed E-state index contributed by atoms with van der Waals surface area (Å²) in [5.74, 6) is -9.71. The highest BCUT2D eigenvalue weighted by atomic mass is 19.2. The molecule has 1 aromatic carbocycles. The second-order valence-corrected chi connectivity index (χ2v) is 5.57. The maximum atomic E-state index is 13.9. The van der Waals surface area contributed by atoms with Crippen molar-refractivity contribution in [3.8, 4) is 5.75 Å². The predicted molar refractivity (Wildman–Crippen MR) is 87.1 cm³/mol. The van der Waals surface area contributed by atoms with E-state index in [1.165, 1.54) is 6.92 Å². The van der Waals surface area contributed by atoms with Gasteiger partial charge < -0.3 is 14.5 Å². The van der Waals surface area contributed by atoms with E-state index in [-0.39, 0.29) is 13.0 Å². The van der Waals surface area contributed by atoms with Crippen LogP contribution < -0.4 is 4.74 Å². The molecule has 0 spiro atoms. The Morgan fingerprint density at radius 1 is 1.15 bits per heavy atom. The number of hydrogen-bond acceptors (Lipinski definition) is 4. The first-order chi connectivity index (χ1) is 12.9. The second kappa shape index (κ2) is 7.65. The fourth-order valence-corrected chi connectivity index (χ4v) is 2.62. The van der Waals surface area contributed by atoms with Crippen LogP contribution in [-0.2, 0) is 16.0 Å². The van der Waals surface area contributed by atoms with E-state index in [2.05, 4.69) is 9.97 Å². The van der Waals surface area contributed by atoms with E-state index in [0.717, 1.165) is 10.9 Å². The monoisotopic (exact) mass is 382 g/mol. The van der Waals surface area contributed by atoms with Crippen LogP contribution in [0.5, 0.6) is 5.75 Å². The molecule has 9 heteroatoms. The third-order valence-corrected chi connectivity index (χ3v) is 3.85. The number of nitrogens with one attached hydrogen (secondary N) is 1. The van der Waals surface area contributed by atoms with Crippen molar-refractivity contribution in [3.05, 3.63) is 59.6 Å². The molecular weight excluding hydrogens is 368 g/mol. The van der Waals surface area contributed by atoms with Crippen molar-refractivity contribution in [1.29, 1.82) is 0 Å². The van der Waals surface area contributed by atoms with Gasteiger partial charge in [0.2, 0.25) is 17.4 Å². The number of hydrogen-bond donors (Lipinski definition) is 1. The van der Waals surface area contributed by atoms with Crippen LogP contribution in [0.3, 0.4) is 0 Å². The van der Waals surface area contributed by atoms with Gasteiger partial charge in [-0.25, -0.2) is 4.79 Å². The van der Waals surface area contributed by atoms with Gasteiger partial charge in [0.1, 0.15) is 0 Å². The Kier molecular flexibility index (Phi) is 5.29. The van der Waals surface area contributed by atoms with Gasteiger partial charge in [-0.2, -0.15) is 22.5 Å². The van der Waals surface area contributed by atoms with Gasteiger partial charge >= 0.3 is 5.97 Å². The van der Waals surface area contributed by atoms with Crippen LogP contribution in [0.2, 0.25) is 0 Å². The SMILES string of the molecule is CCOC(=O)C(Cc1c[nH]c2ccccc12)Oc1c(F)c(F)nc(F)c1F. The number of fused-ring (bicyclic) bond motifs is 1. The van der Waals surface area contributed by atoms with Crippen molar-refractivity contribution in [2.24, 2.45) is 0 Å². The van der Waals surface area contributed by atoms with Crippen LogP contribution >= 0.6 is 0 Å². The Balaban J connectivity index is 1.97. The standard InChI is InChI=1S/C18H14F4N2O3/c1-2-26-18(25)12(7-9-8-23-11-6-4-3-5-10(9)11)27-15-13(19)16(21)24-17(22)14(15)20/h3-6,8,12,23H,2,7H2,1H3. The molecule has 5 nitrogen and oxygen atoms in total. The molecular formula is C18H14F4N2O3. The highest BCUT2D eigenvalue weighted by molar-refractivity contribution is 5.84. The van der Waals surface area contributed by atoms with Crippen molar-refractivity contribution >= 4 is 16.9 Å². The number of carbonyl (C=O) groups excluding carboxylic acids is 1. The van der Waals surface area contributed by atoms with Crippen LogP contribution in [0.1, 0.15) is 12.5 Å². The number of ether oxygens (including phenoxy) is 2. The second-order valence-electron chi connectivity index (χ2n) is 5.57. The fraction of sp³-hybridized carbons (Fsp3) is 0.222. The van der Waals surface area contributed by atoms with Gasteiger partial charge in [0.05, 0.1) is 6.61 Å². The van der Waals surface area contributed by atoms with Crippen LogP contribution in [0, 0.1) is 23.5 Å². The topological polar surface area (TPSA) is 64.2 Å². The predicted octanol–water partition coefficient (Wildman–Crippen LogP) is 3.67. The smallest absolute Gasteiger partial charge is 0.347 e. The summed E-state index contributed by atoms with van der Waals surface area (Å²) >= 11 is 0. The minimum atomic E-state index is -1.88. The molecule has 0 bridgehead atoms. The third kappa shape index (κ3) is 3.71. The number of rotatable bonds is 6. The number of esters is 1. The van der Waals surface area contributed by atoms with Crippen LogP contribution in [-0.4, -0.2) is 28.6 Å². The van der Waals surface area contributed by atoms with Crippen LogP contribution in [0.25, 0.3) is 10.9 Å². The van der Waals surface area contributed by atoms with E-state index in [1.807, 2.05) is 0 Å². The maximum Gasteiger partial charge on any atom is 0.347 e. The largest absolute Gasteiger partial charge is 0.472 e. The molecule has 0 radical (unpaired) electrons. The quantitative estimate of drug-likeness (QED) is 0.401. The molecule has 2 heterocycles. The van der Waals surface area contributed by atoms with Gasteiger partial charge in [-0.05, 0) is 18.6 Å². The molecule has 0 amide bonds. The molecule has 2 aromatic heterocycles. The molecule has 3 aromatic rings. The number of pyridine rings is 1. The van der Waals surface area contributed by atoms with Crippen molar-refractivity contribution in [3.63, 3.8) is 0 Å². The fourth-order valence-electron chi connectivity index (χ4n) is 2.62. The Hall–Kier alpha value is -3.10. The highest BCUT2D eigenvalue weighted by Crippen LogP contribution is 2.27. The van der Waals surface area contributed by atoms with E-state index in [0.29, 0.717) is 5.56 Å². The summed E-state index contributed by atoms with van der Waals surface area (Å²) in [6.07, 6.45) is -0.0807. The molecule has 142 valence electrons. The lowest BCUT2D eigenvalue weighted by atomic mass is 10.1. The maximum absolute atomic E-state index is 13.9. The minimum Gasteiger partial charge on any atom is -0.472 e. The number of aromatic nitrogens is 2. The van der Waals surface area contributed by atoms with Crippen LogP contribution in [0.4, 0.5) is 17.6 Å². The Morgan fingerprint density at radius 2 is 1.81 bits per heavy atom. The van der Waals surface area contributed by atoms with Crippen molar-refractivity contribution < 1.29 is 31.8 Å². The van der Waals surface area contributed by atoms with E-state index < -0.39 is 41.4 Å². The molecule has 3 rings (SSSR count). The van der Waals surface area contributed by atoms with E-state index in [9.17, 15) is 22.4 Å². The summed E-state index contributed by atoms with van der Waals surface area (Å²) in [6.45, 7) is 1.52. The van der Waals surface area contributed by atoms with Gasteiger partial charge in [0, 0.05) is 23.5 Å². The Labute approximate surface area is 150 Å². The van der Waals surface area contributed by atoms with Crippen LogP contribution in [0.15, 0.2) is 30.5 Å². The Morgan fingerprint density at radius 3 is 2.48 bits per heavy atom. The molecule has 1 N–H and O–H groups in total. The van der Waals surface area contributed by atoms with Crippen molar-refractivity contribution in [2.75, 3.05) is 6.61 Å². The van der Waals surface area contributed by atoms with Gasteiger partial charge in [-0.3, -0.25) is 0 Å². The number of H-pyrrole nitrogens is 1. The molecule has 0 fully saturated rings. The first-order valence-electron chi connectivity index (χ1n) is 8.00. The lowest BCUT2D eigenvalue weighted by molar-refractivity contribution is -0.151. The van der Waals surface area contributed by atoms with E-state index in [4.69, 9.17) is 9.47 Å². The molecule has 0 aliphatic carbocycles. The molecule has 0 saturated carbocycles. The van der Waals surface area contributed by atoms with E-state index >= 15 is 0 Å². The number of halogens is 4. The lowest BCUT2D eigenvalue weighted by Crippen LogP contribution is -2.32. The van der Waals surface area contributed by atoms with Gasteiger partial charge in [-0.1, -0.05) is 18.2 Å². The number of para-hydroxylation sites is 1. The average Bonchev–Trinajstić information content (AvgIpc) is 3.06. The molecule has 1 unspecified atom stereocenters.